The monoisotopic (exact) mass is 364 g/mol. The van der Waals surface area contributed by atoms with E-state index in [0.29, 0.717) is 18.8 Å². The minimum Gasteiger partial charge on any atom is -0.467 e. The fourth-order valence-electron chi connectivity index (χ4n) is 3.44. The van der Waals surface area contributed by atoms with Crippen molar-refractivity contribution in [2.24, 2.45) is 5.73 Å². The number of nitrogens with two attached hydrogens (primary N) is 1. The van der Waals surface area contributed by atoms with Gasteiger partial charge in [-0.05, 0) is 55.7 Å². The Hall–Kier alpha value is -2.86. The first-order valence-corrected chi connectivity index (χ1v) is 9.24. The molecule has 4 rings (SSSR count). The maximum absolute atomic E-state index is 13.3. The molecule has 27 heavy (non-hydrogen) atoms. The van der Waals surface area contributed by atoms with E-state index in [2.05, 4.69) is 11.9 Å². The highest BCUT2D eigenvalue weighted by Gasteiger charge is 2.25. The van der Waals surface area contributed by atoms with Gasteiger partial charge in [0.25, 0.3) is 5.91 Å². The van der Waals surface area contributed by atoms with Crippen molar-refractivity contribution in [3.8, 4) is 0 Å². The van der Waals surface area contributed by atoms with E-state index in [1.54, 1.807) is 11.2 Å². The molecule has 0 bridgehead atoms. The van der Waals surface area contributed by atoms with Gasteiger partial charge in [-0.25, -0.2) is 4.98 Å². The molecule has 6 heteroatoms. The van der Waals surface area contributed by atoms with Gasteiger partial charge in [-0.1, -0.05) is 6.07 Å². The predicted molar refractivity (Wildman–Crippen MR) is 104 cm³/mol. The van der Waals surface area contributed by atoms with E-state index in [1.807, 2.05) is 48.0 Å². The highest BCUT2D eigenvalue weighted by Crippen LogP contribution is 2.24. The van der Waals surface area contributed by atoms with Gasteiger partial charge < -0.3 is 14.7 Å². The van der Waals surface area contributed by atoms with Gasteiger partial charge in [-0.3, -0.25) is 9.69 Å². The maximum atomic E-state index is 13.3. The van der Waals surface area contributed by atoms with Crippen molar-refractivity contribution >= 4 is 11.6 Å². The molecule has 3 aromatic rings. The quantitative estimate of drug-likeness (QED) is 0.771. The summed E-state index contributed by atoms with van der Waals surface area (Å²) in [7, 11) is 0. The van der Waals surface area contributed by atoms with E-state index in [-0.39, 0.29) is 11.9 Å². The SMILES string of the molecule is Cc1ccc(N(Cc2ccco2)C(=O)c2cn3c(n2)CCC(N)C3)cc1C. The van der Waals surface area contributed by atoms with Gasteiger partial charge in [0, 0.05) is 30.9 Å². The van der Waals surface area contributed by atoms with Gasteiger partial charge in [-0.2, -0.15) is 0 Å². The maximum Gasteiger partial charge on any atom is 0.278 e. The molecule has 1 aliphatic rings. The van der Waals surface area contributed by atoms with Crippen molar-refractivity contribution in [1.29, 1.82) is 0 Å². The first-order valence-electron chi connectivity index (χ1n) is 9.24. The fourth-order valence-corrected chi connectivity index (χ4v) is 3.44. The number of imidazole rings is 1. The van der Waals surface area contributed by atoms with Crippen LogP contribution in [0.5, 0.6) is 0 Å². The van der Waals surface area contributed by atoms with E-state index < -0.39 is 0 Å². The lowest BCUT2D eigenvalue weighted by Crippen LogP contribution is -2.31. The molecule has 2 aromatic heterocycles. The molecule has 3 heterocycles. The van der Waals surface area contributed by atoms with Crippen LogP contribution in [0, 0.1) is 13.8 Å². The third-order valence-corrected chi connectivity index (χ3v) is 5.19. The van der Waals surface area contributed by atoms with Crippen LogP contribution >= 0.6 is 0 Å². The number of fused-ring (bicyclic) bond motifs is 1. The zero-order chi connectivity index (χ0) is 19.0. The van der Waals surface area contributed by atoms with Crippen LogP contribution < -0.4 is 10.6 Å². The van der Waals surface area contributed by atoms with Gasteiger partial charge >= 0.3 is 0 Å². The molecule has 1 atom stereocenters. The van der Waals surface area contributed by atoms with Crippen LogP contribution in [0.4, 0.5) is 5.69 Å². The number of nitrogens with zero attached hydrogens (tertiary/aromatic N) is 3. The Labute approximate surface area is 158 Å². The molecule has 0 radical (unpaired) electrons. The zero-order valence-electron chi connectivity index (χ0n) is 15.7. The van der Waals surface area contributed by atoms with Crippen LogP contribution in [0.25, 0.3) is 0 Å². The second-order valence-electron chi connectivity index (χ2n) is 7.23. The Balaban J connectivity index is 1.69. The van der Waals surface area contributed by atoms with Crippen molar-refractivity contribution in [3.05, 3.63) is 71.2 Å². The molecule has 6 nitrogen and oxygen atoms in total. The Morgan fingerprint density at radius 2 is 2.19 bits per heavy atom. The summed E-state index contributed by atoms with van der Waals surface area (Å²) < 4.78 is 7.49. The lowest BCUT2D eigenvalue weighted by Gasteiger charge is -2.22. The zero-order valence-corrected chi connectivity index (χ0v) is 15.7. The number of amides is 1. The summed E-state index contributed by atoms with van der Waals surface area (Å²) in [5.74, 6) is 1.52. The Bertz CT molecular complexity index is 959. The van der Waals surface area contributed by atoms with Crippen molar-refractivity contribution in [2.45, 2.75) is 45.8 Å². The summed E-state index contributed by atoms with van der Waals surface area (Å²) >= 11 is 0. The van der Waals surface area contributed by atoms with Crippen LogP contribution in [-0.2, 0) is 19.5 Å². The first kappa shape index (κ1) is 17.5. The minimum absolute atomic E-state index is 0.119. The number of rotatable bonds is 4. The van der Waals surface area contributed by atoms with E-state index in [9.17, 15) is 4.79 Å². The largest absolute Gasteiger partial charge is 0.467 e. The fraction of sp³-hybridized carbons (Fsp3) is 0.333. The van der Waals surface area contributed by atoms with Gasteiger partial charge in [0.2, 0.25) is 0 Å². The number of furan rings is 1. The number of benzene rings is 1. The van der Waals surface area contributed by atoms with Gasteiger partial charge in [0.05, 0.1) is 12.8 Å². The van der Waals surface area contributed by atoms with Gasteiger partial charge in [0.1, 0.15) is 17.3 Å². The Morgan fingerprint density at radius 1 is 1.33 bits per heavy atom. The molecule has 0 saturated carbocycles. The molecular weight excluding hydrogens is 340 g/mol. The van der Waals surface area contributed by atoms with E-state index in [1.165, 1.54) is 5.56 Å². The van der Waals surface area contributed by atoms with Crippen LogP contribution in [0.3, 0.4) is 0 Å². The molecule has 0 fully saturated rings. The second-order valence-corrected chi connectivity index (χ2v) is 7.23. The minimum atomic E-state index is -0.134. The Kier molecular flexibility index (Phi) is 4.58. The highest BCUT2D eigenvalue weighted by atomic mass is 16.3. The molecule has 0 saturated heterocycles. The lowest BCUT2D eigenvalue weighted by atomic mass is 10.1. The molecule has 0 spiro atoms. The Morgan fingerprint density at radius 3 is 2.93 bits per heavy atom. The van der Waals surface area contributed by atoms with Gasteiger partial charge in [0.15, 0.2) is 0 Å². The molecule has 1 amide bonds. The first-order chi connectivity index (χ1) is 13.0. The predicted octanol–water partition coefficient (Wildman–Crippen LogP) is 3.21. The average Bonchev–Trinajstić information content (AvgIpc) is 3.30. The normalized spacial score (nSPS) is 16.2. The summed E-state index contributed by atoms with van der Waals surface area (Å²) in [6, 6.07) is 9.85. The summed E-state index contributed by atoms with van der Waals surface area (Å²) in [6.45, 7) is 5.17. The average molecular weight is 364 g/mol. The third kappa shape index (κ3) is 3.53. The van der Waals surface area contributed by atoms with Crippen LogP contribution in [-0.4, -0.2) is 21.5 Å². The lowest BCUT2D eigenvalue weighted by molar-refractivity contribution is 0.0978. The topological polar surface area (TPSA) is 77.3 Å². The molecular formula is C21H24N4O2. The summed E-state index contributed by atoms with van der Waals surface area (Å²) in [5, 5.41) is 0. The molecule has 1 unspecified atom stereocenters. The molecule has 0 aliphatic carbocycles. The number of carbonyl (C=O) groups is 1. The van der Waals surface area contributed by atoms with Crippen molar-refractivity contribution in [2.75, 3.05) is 4.90 Å². The highest BCUT2D eigenvalue weighted by molar-refractivity contribution is 6.04. The number of aryl methyl sites for hydroxylation is 3. The van der Waals surface area contributed by atoms with E-state index >= 15 is 0 Å². The van der Waals surface area contributed by atoms with Crippen molar-refractivity contribution < 1.29 is 9.21 Å². The molecule has 2 N–H and O–H groups in total. The summed E-state index contributed by atoms with van der Waals surface area (Å²) in [4.78, 5) is 19.7. The van der Waals surface area contributed by atoms with Gasteiger partial charge in [-0.15, -0.1) is 0 Å². The standard InChI is InChI=1S/C21H24N4O2/c1-14-5-7-17(10-15(14)2)25(12-18-4-3-9-27-18)21(26)19-13-24-11-16(22)6-8-20(24)23-19/h3-5,7,9-10,13,16H,6,8,11-12,22H2,1-2H3. The number of anilines is 1. The summed E-state index contributed by atoms with van der Waals surface area (Å²) in [6.07, 6.45) is 5.15. The molecule has 1 aromatic carbocycles. The van der Waals surface area contributed by atoms with Crippen LogP contribution in [0.1, 0.15) is 39.6 Å². The number of aromatic nitrogens is 2. The van der Waals surface area contributed by atoms with E-state index in [0.717, 1.165) is 35.7 Å². The second kappa shape index (κ2) is 7.04. The number of carbonyl (C=O) groups excluding carboxylic acids is 1. The molecule has 140 valence electrons. The molecule has 1 aliphatic heterocycles. The van der Waals surface area contributed by atoms with Crippen LogP contribution in [0.15, 0.2) is 47.2 Å². The van der Waals surface area contributed by atoms with Crippen molar-refractivity contribution in [3.63, 3.8) is 0 Å². The van der Waals surface area contributed by atoms with Crippen molar-refractivity contribution in [1.82, 2.24) is 9.55 Å². The number of hydrogen-bond donors (Lipinski definition) is 1. The van der Waals surface area contributed by atoms with Crippen LogP contribution in [0.2, 0.25) is 0 Å². The number of hydrogen-bond acceptors (Lipinski definition) is 4. The smallest absolute Gasteiger partial charge is 0.278 e. The summed E-state index contributed by atoms with van der Waals surface area (Å²) in [5.41, 5.74) is 9.66. The third-order valence-electron chi connectivity index (χ3n) is 5.19. The van der Waals surface area contributed by atoms with E-state index in [4.69, 9.17) is 10.2 Å².